The van der Waals surface area contributed by atoms with E-state index in [1.54, 1.807) is 12.2 Å². The second-order valence-corrected chi connectivity index (χ2v) is 5.69. The van der Waals surface area contributed by atoms with Crippen LogP contribution in [-0.2, 0) is 20.7 Å². The van der Waals surface area contributed by atoms with E-state index < -0.39 is 17.8 Å². The summed E-state index contributed by atoms with van der Waals surface area (Å²) in [5.74, 6) is -2.79. The normalized spacial score (nSPS) is 21.0. The number of aliphatic hydroxyl groups is 1. The first-order chi connectivity index (χ1) is 11.4. The number of hydrogen-bond donors (Lipinski definition) is 3. The van der Waals surface area contributed by atoms with Crippen molar-refractivity contribution in [2.45, 2.75) is 31.1 Å². The summed E-state index contributed by atoms with van der Waals surface area (Å²) in [5.41, 5.74) is 1.55. The van der Waals surface area contributed by atoms with E-state index in [0.29, 0.717) is 0 Å². The Morgan fingerprint density at radius 1 is 1.33 bits per heavy atom. The van der Waals surface area contributed by atoms with Gasteiger partial charge in [-0.2, -0.15) is 0 Å². The van der Waals surface area contributed by atoms with Crippen LogP contribution in [0.5, 0.6) is 0 Å². The van der Waals surface area contributed by atoms with Gasteiger partial charge < -0.3 is 20.3 Å². The molecule has 6 heteroatoms. The maximum Gasteiger partial charge on any atom is 0.326 e. The number of carbonyl (C=O) groups is 2. The molecule has 1 aliphatic rings. The molecule has 1 amide bonds. The van der Waals surface area contributed by atoms with Crippen molar-refractivity contribution >= 4 is 11.9 Å². The van der Waals surface area contributed by atoms with Crippen LogP contribution in [0.15, 0.2) is 54.1 Å². The summed E-state index contributed by atoms with van der Waals surface area (Å²) in [6, 6.07) is 8.11. The lowest BCUT2D eigenvalue weighted by atomic mass is 9.96. The van der Waals surface area contributed by atoms with E-state index in [0.717, 1.165) is 11.1 Å². The number of amides is 1. The van der Waals surface area contributed by atoms with E-state index in [9.17, 15) is 19.8 Å². The first-order valence-electron chi connectivity index (χ1n) is 7.64. The third-order valence-electron chi connectivity index (χ3n) is 3.85. The molecule has 3 N–H and O–H groups in total. The number of ether oxygens (including phenoxy) is 1. The Balaban J connectivity index is 1.94. The van der Waals surface area contributed by atoms with Gasteiger partial charge in [-0.05, 0) is 17.2 Å². The molecule has 0 aliphatic heterocycles. The number of carbonyl (C=O) groups excluding carboxylic acids is 1. The van der Waals surface area contributed by atoms with Crippen molar-refractivity contribution < 1.29 is 24.5 Å². The van der Waals surface area contributed by atoms with Gasteiger partial charge in [0.1, 0.15) is 6.04 Å². The molecule has 0 fully saturated rings. The van der Waals surface area contributed by atoms with Crippen molar-refractivity contribution in [3.05, 3.63) is 59.7 Å². The molecule has 0 radical (unpaired) electrons. The fourth-order valence-electron chi connectivity index (χ4n) is 2.42. The van der Waals surface area contributed by atoms with E-state index in [4.69, 9.17) is 4.74 Å². The minimum Gasteiger partial charge on any atom is -0.480 e. The Labute approximate surface area is 140 Å². The minimum absolute atomic E-state index is 0.128. The van der Waals surface area contributed by atoms with Crippen molar-refractivity contribution in [2.75, 3.05) is 7.11 Å². The smallest absolute Gasteiger partial charge is 0.326 e. The number of carboxylic acid groups (broad SMARTS) is 1. The molecular formula is C18H21NO5. The Hall–Kier alpha value is -2.44. The van der Waals surface area contributed by atoms with Gasteiger partial charge in [0.2, 0.25) is 5.91 Å². The number of aliphatic carboxylic acids is 1. The van der Waals surface area contributed by atoms with Crippen LogP contribution in [0.1, 0.15) is 18.4 Å². The summed E-state index contributed by atoms with van der Waals surface area (Å²) in [6.07, 6.45) is 5.32. The quantitative estimate of drug-likeness (QED) is 0.657. The molecule has 1 aromatic carbocycles. The number of methoxy groups -OCH3 is 1. The molecule has 0 aromatic heterocycles. The summed E-state index contributed by atoms with van der Waals surface area (Å²) < 4.78 is 4.95. The van der Waals surface area contributed by atoms with E-state index in [2.05, 4.69) is 5.32 Å². The summed E-state index contributed by atoms with van der Waals surface area (Å²) >= 11 is 0. The first kappa shape index (κ1) is 17.9. The molecule has 1 aromatic rings. The lowest BCUT2D eigenvalue weighted by Gasteiger charge is -2.25. The standard InChI is InChI=1S/C18H21NO5/c1-24-18(23)9-7-14(8-10-18)11-15(17(21)22)19-16(20)12-13-5-3-2-4-6-13/h2-9,15,23H,10-12H2,1H3,(H,19,20)(H,21,22)/t15-,18?/m0/s1. The molecule has 1 aliphatic carbocycles. The zero-order chi connectivity index (χ0) is 17.6. The Bertz CT molecular complexity index is 653. The van der Waals surface area contributed by atoms with Gasteiger partial charge in [0.25, 0.3) is 0 Å². The molecule has 24 heavy (non-hydrogen) atoms. The average molecular weight is 331 g/mol. The van der Waals surface area contributed by atoms with Crippen LogP contribution in [0.2, 0.25) is 0 Å². The fourth-order valence-corrected chi connectivity index (χ4v) is 2.42. The van der Waals surface area contributed by atoms with Crippen molar-refractivity contribution in [1.82, 2.24) is 5.32 Å². The highest BCUT2D eigenvalue weighted by Gasteiger charge is 2.26. The van der Waals surface area contributed by atoms with Gasteiger partial charge >= 0.3 is 5.97 Å². The lowest BCUT2D eigenvalue weighted by molar-refractivity contribution is -0.143. The van der Waals surface area contributed by atoms with Gasteiger partial charge in [0, 0.05) is 20.0 Å². The molecule has 0 saturated carbocycles. The Morgan fingerprint density at radius 2 is 2.04 bits per heavy atom. The lowest BCUT2D eigenvalue weighted by Crippen LogP contribution is -2.42. The van der Waals surface area contributed by atoms with Gasteiger partial charge in [-0.15, -0.1) is 0 Å². The molecule has 6 nitrogen and oxygen atoms in total. The molecule has 2 atom stereocenters. The van der Waals surface area contributed by atoms with E-state index in [1.165, 1.54) is 13.2 Å². The van der Waals surface area contributed by atoms with Gasteiger partial charge in [-0.3, -0.25) is 4.79 Å². The highest BCUT2D eigenvalue weighted by molar-refractivity contribution is 5.85. The maximum atomic E-state index is 12.0. The number of allylic oxidation sites excluding steroid dienone is 1. The van der Waals surface area contributed by atoms with E-state index in [-0.39, 0.29) is 25.2 Å². The van der Waals surface area contributed by atoms with Crippen molar-refractivity contribution in [3.63, 3.8) is 0 Å². The molecule has 2 rings (SSSR count). The topological polar surface area (TPSA) is 95.9 Å². The molecule has 1 unspecified atom stereocenters. The number of benzene rings is 1. The van der Waals surface area contributed by atoms with Crippen LogP contribution in [-0.4, -0.2) is 41.0 Å². The van der Waals surface area contributed by atoms with Crippen LogP contribution < -0.4 is 5.32 Å². The zero-order valence-electron chi connectivity index (χ0n) is 13.4. The Morgan fingerprint density at radius 3 is 2.58 bits per heavy atom. The molecule has 128 valence electrons. The largest absolute Gasteiger partial charge is 0.480 e. The number of rotatable bonds is 7. The molecule has 0 heterocycles. The monoisotopic (exact) mass is 331 g/mol. The van der Waals surface area contributed by atoms with Gasteiger partial charge in [0.15, 0.2) is 5.79 Å². The van der Waals surface area contributed by atoms with Crippen LogP contribution >= 0.6 is 0 Å². The number of hydrogen-bond acceptors (Lipinski definition) is 4. The minimum atomic E-state index is -1.35. The average Bonchev–Trinajstić information content (AvgIpc) is 2.57. The fraction of sp³-hybridized carbons (Fsp3) is 0.333. The van der Waals surface area contributed by atoms with E-state index >= 15 is 0 Å². The highest BCUT2D eigenvalue weighted by Crippen LogP contribution is 2.23. The van der Waals surface area contributed by atoms with Crippen LogP contribution in [0.25, 0.3) is 0 Å². The summed E-state index contributed by atoms with van der Waals surface area (Å²) in [7, 11) is 1.40. The number of carboxylic acids is 1. The zero-order valence-corrected chi connectivity index (χ0v) is 13.4. The summed E-state index contributed by atoms with van der Waals surface area (Å²) in [5, 5.41) is 21.8. The second kappa shape index (κ2) is 7.90. The van der Waals surface area contributed by atoms with Gasteiger partial charge in [0.05, 0.1) is 6.42 Å². The van der Waals surface area contributed by atoms with Crippen molar-refractivity contribution in [3.8, 4) is 0 Å². The number of nitrogens with one attached hydrogen (secondary N) is 1. The molecular weight excluding hydrogens is 310 g/mol. The maximum absolute atomic E-state index is 12.0. The summed E-state index contributed by atoms with van der Waals surface area (Å²) in [4.78, 5) is 23.5. The molecule has 0 bridgehead atoms. The highest BCUT2D eigenvalue weighted by atomic mass is 16.6. The predicted octanol–water partition coefficient (Wildman–Crippen LogP) is 1.41. The van der Waals surface area contributed by atoms with Crippen molar-refractivity contribution in [1.29, 1.82) is 0 Å². The Kier molecular flexibility index (Phi) is 5.89. The summed E-state index contributed by atoms with van der Waals surface area (Å²) in [6.45, 7) is 0. The van der Waals surface area contributed by atoms with E-state index in [1.807, 2.05) is 30.3 Å². The molecule has 0 spiro atoms. The second-order valence-electron chi connectivity index (χ2n) is 5.69. The van der Waals surface area contributed by atoms with Crippen LogP contribution in [0.3, 0.4) is 0 Å². The van der Waals surface area contributed by atoms with Crippen LogP contribution in [0, 0.1) is 0 Å². The third kappa shape index (κ3) is 5.04. The van der Waals surface area contributed by atoms with Crippen LogP contribution in [0.4, 0.5) is 0 Å². The third-order valence-corrected chi connectivity index (χ3v) is 3.85. The SMILES string of the molecule is COC1(O)C=CC(C[C@H](NC(=O)Cc2ccccc2)C(=O)O)=CC1. The first-order valence-corrected chi connectivity index (χ1v) is 7.64. The van der Waals surface area contributed by atoms with Crippen molar-refractivity contribution in [2.24, 2.45) is 0 Å². The van der Waals surface area contributed by atoms with Gasteiger partial charge in [-0.1, -0.05) is 42.5 Å². The van der Waals surface area contributed by atoms with Gasteiger partial charge in [-0.25, -0.2) is 4.79 Å². The molecule has 0 saturated heterocycles. The predicted molar refractivity (Wildman–Crippen MR) is 88.1 cm³/mol.